The van der Waals surface area contributed by atoms with Gasteiger partial charge in [0.05, 0.1) is 5.60 Å². The van der Waals surface area contributed by atoms with Gasteiger partial charge in [-0.05, 0) is 32.9 Å². The number of hydrogen-bond donors (Lipinski definition) is 0. The Balaban J connectivity index is 2.32. The first-order valence-electron chi connectivity index (χ1n) is 5.05. The summed E-state index contributed by atoms with van der Waals surface area (Å²) >= 11 is 0. The lowest BCUT2D eigenvalue weighted by Crippen LogP contribution is -2.33. The monoisotopic (exact) mass is 209 g/mol. The highest BCUT2D eigenvalue weighted by atomic mass is 16.7. The molecule has 15 heavy (non-hydrogen) atoms. The van der Waals surface area contributed by atoms with E-state index in [1.54, 1.807) is 5.06 Å². The summed E-state index contributed by atoms with van der Waals surface area (Å²) in [5, 5.41) is 1.69. The summed E-state index contributed by atoms with van der Waals surface area (Å²) in [5.41, 5.74) is -0.186. The predicted octanol–water partition coefficient (Wildman–Crippen LogP) is 2.68. The Kier molecular flexibility index (Phi) is 4.12. The zero-order valence-electron chi connectivity index (χ0n) is 9.86. The minimum absolute atomic E-state index is 0.186. The van der Waals surface area contributed by atoms with Crippen molar-refractivity contribution in [3.63, 3.8) is 0 Å². The topological polar surface area (TPSA) is 21.7 Å². The Morgan fingerprint density at radius 2 is 1.73 bits per heavy atom. The van der Waals surface area contributed by atoms with E-state index < -0.39 is 0 Å². The minimum Gasteiger partial charge on any atom is -0.476 e. The van der Waals surface area contributed by atoms with Crippen LogP contribution in [0.25, 0.3) is 0 Å². The molecule has 1 aromatic rings. The van der Waals surface area contributed by atoms with Gasteiger partial charge < -0.3 is 4.74 Å². The zero-order valence-corrected chi connectivity index (χ0v) is 9.86. The van der Waals surface area contributed by atoms with Gasteiger partial charge in [0.1, 0.15) is 5.75 Å². The van der Waals surface area contributed by atoms with Crippen molar-refractivity contribution in [1.82, 2.24) is 5.06 Å². The van der Waals surface area contributed by atoms with Crippen LogP contribution < -0.4 is 4.74 Å². The van der Waals surface area contributed by atoms with Gasteiger partial charge in [-0.1, -0.05) is 18.2 Å². The first kappa shape index (κ1) is 12.0. The van der Waals surface area contributed by atoms with Crippen molar-refractivity contribution in [2.24, 2.45) is 0 Å². The molecule has 0 saturated heterocycles. The van der Waals surface area contributed by atoms with Crippen molar-refractivity contribution < 1.29 is 9.57 Å². The smallest absolute Gasteiger partial charge is 0.163 e. The molecular formula is C12H19NO2. The molecule has 1 rings (SSSR count). The molecule has 0 aliphatic carbocycles. The van der Waals surface area contributed by atoms with Gasteiger partial charge in [0.15, 0.2) is 6.73 Å². The number of benzene rings is 1. The van der Waals surface area contributed by atoms with E-state index in [0.29, 0.717) is 6.73 Å². The highest BCUT2D eigenvalue weighted by Gasteiger charge is 2.14. The number of hydroxylamine groups is 2. The summed E-state index contributed by atoms with van der Waals surface area (Å²) in [4.78, 5) is 5.57. The number of hydrogen-bond acceptors (Lipinski definition) is 3. The van der Waals surface area contributed by atoms with Crippen LogP contribution in [-0.2, 0) is 4.84 Å². The van der Waals surface area contributed by atoms with E-state index in [0.717, 1.165) is 5.75 Å². The van der Waals surface area contributed by atoms with Crippen LogP contribution in [0.2, 0.25) is 0 Å². The molecule has 0 aromatic heterocycles. The van der Waals surface area contributed by atoms with Crippen molar-refractivity contribution in [3.05, 3.63) is 30.3 Å². The van der Waals surface area contributed by atoms with E-state index in [9.17, 15) is 0 Å². The minimum atomic E-state index is -0.186. The molecule has 0 aliphatic heterocycles. The van der Waals surface area contributed by atoms with Crippen molar-refractivity contribution in [3.8, 4) is 5.75 Å². The second-order valence-electron chi connectivity index (χ2n) is 4.42. The molecular weight excluding hydrogens is 190 g/mol. The van der Waals surface area contributed by atoms with Gasteiger partial charge in [-0.3, -0.25) is 4.84 Å². The van der Waals surface area contributed by atoms with Crippen LogP contribution in [0, 0.1) is 0 Å². The molecule has 0 bridgehead atoms. The van der Waals surface area contributed by atoms with Gasteiger partial charge >= 0.3 is 0 Å². The lowest BCUT2D eigenvalue weighted by atomic mass is 10.2. The molecule has 0 radical (unpaired) electrons. The average molecular weight is 209 g/mol. The average Bonchev–Trinajstić information content (AvgIpc) is 2.14. The Bertz CT molecular complexity index is 279. The van der Waals surface area contributed by atoms with Crippen LogP contribution in [-0.4, -0.2) is 24.4 Å². The summed E-state index contributed by atoms with van der Waals surface area (Å²) < 4.78 is 5.51. The fourth-order valence-corrected chi connectivity index (χ4v) is 1.18. The Morgan fingerprint density at radius 3 is 2.27 bits per heavy atom. The lowest BCUT2D eigenvalue weighted by molar-refractivity contribution is -0.236. The quantitative estimate of drug-likeness (QED) is 0.562. The van der Waals surface area contributed by atoms with E-state index in [4.69, 9.17) is 9.57 Å². The second kappa shape index (κ2) is 5.14. The molecule has 0 N–H and O–H groups in total. The van der Waals surface area contributed by atoms with Crippen LogP contribution in [0.1, 0.15) is 20.8 Å². The van der Waals surface area contributed by atoms with Crippen LogP contribution >= 0.6 is 0 Å². The summed E-state index contributed by atoms with van der Waals surface area (Å²) in [6.07, 6.45) is 0. The van der Waals surface area contributed by atoms with Gasteiger partial charge in [0.25, 0.3) is 0 Å². The van der Waals surface area contributed by atoms with E-state index in [1.807, 2.05) is 58.2 Å². The Labute approximate surface area is 91.6 Å². The molecule has 84 valence electrons. The van der Waals surface area contributed by atoms with E-state index in [1.165, 1.54) is 0 Å². The predicted molar refractivity (Wildman–Crippen MR) is 60.5 cm³/mol. The van der Waals surface area contributed by atoms with Crippen molar-refractivity contribution in [2.75, 3.05) is 13.8 Å². The molecule has 0 spiro atoms. The summed E-state index contributed by atoms with van der Waals surface area (Å²) in [6, 6.07) is 9.69. The first-order valence-corrected chi connectivity index (χ1v) is 5.05. The third-order valence-electron chi connectivity index (χ3n) is 1.59. The summed E-state index contributed by atoms with van der Waals surface area (Å²) in [7, 11) is 1.86. The normalized spacial score (nSPS) is 11.8. The van der Waals surface area contributed by atoms with Crippen LogP contribution in [0.5, 0.6) is 5.75 Å². The lowest BCUT2D eigenvalue weighted by Gasteiger charge is -2.26. The molecule has 0 heterocycles. The standard InChI is InChI=1S/C12H19NO2/c1-12(2,3)15-13(4)10-14-11-8-6-5-7-9-11/h5-9H,10H2,1-4H3. The fourth-order valence-electron chi connectivity index (χ4n) is 1.18. The summed E-state index contributed by atoms with van der Waals surface area (Å²) in [6.45, 7) is 6.44. The first-order chi connectivity index (χ1) is 6.97. The van der Waals surface area contributed by atoms with Crippen LogP contribution in [0.3, 0.4) is 0 Å². The van der Waals surface area contributed by atoms with Crippen molar-refractivity contribution >= 4 is 0 Å². The molecule has 0 aliphatic rings. The van der Waals surface area contributed by atoms with Gasteiger partial charge in [0.2, 0.25) is 0 Å². The third kappa shape index (κ3) is 5.40. The molecule has 0 atom stereocenters. The molecule has 0 fully saturated rings. The number of para-hydroxylation sites is 1. The van der Waals surface area contributed by atoms with Gasteiger partial charge in [-0.2, -0.15) is 5.06 Å². The van der Waals surface area contributed by atoms with Gasteiger partial charge in [-0.15, -0.1) is 0 Å². The number of nitrogens with zero attached hydrogens (tertiary/aromatic N) is 1. The molecule has 1 aromatic carbocycles. The molecule has 0 saturated carbocycles. The highest BCUT2D eigenvalue weighted by Crippen LogP contribution is 2.11. The van der Waals surface area contributed by atoms with E-state index >= 15 is 0 Å². The Morgan fingerprint density at radius 1 is 1.13 bits per heavy atom. The van der Waals surface area contributed by atoms with Gasteiger partial charge in [0, 0.05) is 7.05 Å². The van der Waals surface area contributed by atoms with Crippen LogP contribution in [0.4, 0.5) is 0 Å². The van der Waals surface area contributed by atoms with Gasteiger partial charge in [-0.25, -0.2) is 0 Å². The second-order valence-corrected chi connectivity index (χ2v) is 4.42. The molecule has 3 heteroatoms. The molecule has 0 unspecified atom stereocenters. The fraction of sp³-hybridized carbons (Fsp3) is 0.500. The van der Waals surface area contributed by atoms with E-state index in [-0.39, 0.29) is 5.60 Å². The SMILES string of the molecule is CN(COc1ccccc1)OC(C)(C)C. The number of ether oxygens (including phenoxy) is 1. The molecule has 0 amide bonds. The molecule has 3 nitrogen and oxygen atoms in total. The maximum Gasteiger partial charge on any atom is 0.163 e. The van der Waals surface area contributed by atoms with Crippen molar-refractivity contribution in [1.29, 1.82) is 0 Å². The zero-order chi connectivity index (χ0) is 11.3. The summed E-state index contributed by atoms with van der Waals surface area (Å²) in [5.74, 6) is 0.849. The van der Waals surface area contributed by atoms with E-state index in [2.05, 4.69) is 0 Å². The third-order valence-corrected chi connectivity index (χ3v) is 1.59. The Hall–Kier alpha value is -1.06. The van der Waals surface area contributed by atoms with Crippen LogP contribution in [0.15, 0.2) is 30.3 Å². The highest BCUT2D eigenvalue weighted by molar-refractivity contribution is 5.20. The largest absolute Gasteiger partial charge is 0.476 e. The van der Waals surface area contributed by atoms with Crippen molar-refractivity contribution in [2.45, 2.75) is 26.4 Å². The number of rotatable bonds is 4. The maximum absolute atomic E-state index is 5.57. The maximum atomic E-state index is 5.57.